The lowest BCUT2D eigenvalue weighted by Crippen LogP contribution is -2.37. The van der Waals surface area contributed by atoms with Crippen LogP contribution in [0.25, 0.3) is 0 Å². The van der Waals surface area contributed by atoms with Crippen molar-refractivity contribution < 1.29 is 4.79 Å². The minimum absolute atomic E-state index is 0.232. The van der Waals surface area contributed by atoms with E-state index in [2.05, 4.69) is 24.3 Å². The lowest BCUT2D eigenvalue weighted by Gasteiger charge is -2.35. The van der Waals surface area contributed by atoms with Crippen LogP contribution in [0.2, 0.25) is 0 Å². The molecule has 0 aromatic carbocycles. The van der Waals surface area contributed by atoms with Crippen molar-refractivity contribution in [2.75, 3.05) is 0 Å². The highest BCUT2D eigenvalue weighted by Crippen LogP contribution is 2.38. The van der Waals surface area contributed by atoms with Crippen LogP contribution in [0, 0.1) is 23.7 Å². The lowest BCUT2D eigenvalue weighted by atomic mass is 9.70. The van der Waals surface area contributed by atoms with Crippen molar-refractivity contribution in [1.82, 2.24) is 3.53 Å². The maximum absolute atomic E-state index is 11.7. The molecule has 0 saturated heterocycles. The Balaban J connectivity index is 2.68. The fourth-order valence-corrected chi connectivity index (χ4v) is 2.97. The molecule has 14 heavy (non-hydrogen) atoms. The van der Waals surface area contributed by atoms with E-state index >= 15 is 0 Å². The van der Waals surface area contributed by atoms with Crippen LogP contribution in [0.4, 0.5) is 0 Å². The maximum Gasteiger partial charge on any atom is 0.232 e. The van der Waals surface area contributed by atoms with Crippen molar-refractivity contribution in [1.29, 1.82) is 0 Å². The zero-order valence-corrected chi connectivity index (χ0v) is 11.4. The van der Waals surface area contributed by atoms with Crippen LogP contribution >= 0.6 is 22.9 Å². The molecule has 1 fully saturated rings. The Labute approximate surface area is 101 Å². The molecule has 82 valence electrons. The van der Waals surface area contributed by atoms with Gasteiger partial charge in [-0.1, -0.05) is 27.2 Å². The Bertz CT molecular complexity index is 205. The smallest absolute Gasteiger partial charge is 0.232 e. The van der Waals surface area contributed by atoms with Gasteiger partial charge in [-0.15, -0.1) is 0 Å². The Morgan fingerprint density at radius 3 is 2.57 bits per heavy atom. The number of hydrogen-bond donors (Lipinski definition) is 1. The predicted molar refractivity (Wildman–Crippen MR) is 67.0 cm³/mol. The quantitative estimate of drug-likeness (QED) is 0.616. The van der Waals surface area contributed by atoms with Gasteiger partial charge in [0.1, 0.15) is 0 Å². The van der Waals surface area contributed by atoms with Crippen molar-refractivity contribution in [3.63, 3.8) is 0 Å². The fourth-order valence-electron chi connectivity index (χ4n) is 2.57. The summed E-state index contributed by atoms with van der Waals surface area (Å²) < 4.78 is 2.77. The van der Waals surface area contributed by atoms with E-state index in [1.54, 1.807) is 0 Å². The van der Waals surface area contributed by atoms with E-state index in [0.717, 1.165) is 6.42 Å². The van der Waals surface area contributed by atoms with Crippen LogP contribution in [-0.2, 0) is 4.79 Å². The Morgan fingerprint density at radius 1 is 1.43 bits per heavy atom. The van der Waals surface area contributed by atoms with Crippen LogP contribution in [0.1, 0.15) is 40.0 Å². The van der Waals surface area contributed by atoms with Gasteiger partial charge in [0.05, 0.1) is 22.9 Å². The molecule has 1 N–H and O–H groups in total. The molecule has 0 aromatic rings. The standard InChI is InChI=1S/C11H20INO/c1-7(2)9-5-4-8(3)6-10(9)11(14)13-12/h7-10H,4-6H2,1-3H3,(H,13,14)/t8-,9+,10-/m1/s1. The first-order chi connectivity index (χ1) is 6.56. The summed E-state index contributed by atoms with van der Waals surface area (Å²) in [5.41, 5.74) is 0. The second-order valence-electron chi connectivity index (χ2n) is 4.89. The molecule has 2 nitrogen and oxygen atoms in total. The highest BCUT2D eigenvalue weighted by molar-refractivity contribution is 14.1. The van der Waals surface area contributed by atoms with Crippen LogP contribution < -0.4 is 3.53 Å². The average molecular weight is 309 g/mol. The highest BCUT2D eigenvalue weighted by Gasteiger charge is 2.34. The molecule has 0 unspecified atom stereocenters. The van der Waals surface area contributed by atoms with E-state index in [1.807, 2.05) is 22.9 Å². The molecular formula is C11H20INO. The molecule has 1 saturated carbocycles. The Morgan fingerprint density at radius 2 is 2.07 bits per heavy atom. The topological polar surface area (TPSA) is 29.1 Å². The number of hydrogen-bond acceptors (Lipinski definition) is 1. The molecule has 1 rings (SSSR count). The van der Waals surface area contributed by atoms with Crippen LogP contribution in [0.5, 0.6) is 0 Å². The van der Waals surface area contributed by atoms with E-state index in [-0.39, 0.29) is 11.8 Å². The second kappa shape index (κ2) is 5.33. The second-order valence-corrected chi connectivity index (χ2v) is 5.43. The highest BCUT2D eigenvalue weighted by atomic mass is 127. The van der Waals surface area contributed by atoms with E-state index in [1.165, 1.54) is 12.8 Å². The SMILES string of the molecule is CC(C)[C@@H]1CC[C@@H](C)C[C@H]1C(=O)NI. The van der Waals surface area contributed by atoms with Gasteiger partial charge in [-0.2, -0.15) is 0 Å². The van der Waals surface area contributed by atoms with Gasteiger partial charge >= 0.3 is 0 Å². The largest absolute Gasteiger partial charge is 0.299 e. The number of nitrogens with one attached hydrogen (secondary N) is 1. The molecule has 0 radical (unpaired) electrons. The van der Waals surface area contributed by atoms with Gasteiger partial charge in [0.2, 0.25) is 5.91 Å². The lowest BCUT2D eigenvalue weighted by molar-refractivity contribution is -0.126. The van der Waals surface area contributed by atoms with Gasteiger partial charge in [0, 0.05) is 5.92 Å². The monoisotopic (exact) mass is 309 g/mol. The van der Waals surface area contributed by atoms with Gasteiger partial charge in [0.15, 0.2) is 0 Å². The molecule has 0 heterocycles. The molecule has 3 atom stereocenters. The minimum Gasteiger partial charge on any atom is -0.299 e. The van der Waals surface area contributed by atoms with Crippen molar-refractivity contribution >= 4 is 28.8 Å². The van der Waals surface area contributed by atoms with Gasteiger partial charge < -0.3 is 0 Å². The van der Waals surface area contributed by atoms with Crippen molar-refractivity contribution in [2.45, 2.75) is 40.0 Å². The molecule has 0 bridgehead atoms. The zero-order valence-electron chi connectivity index (χ0n) is 9.22. The predicted octanol–water partition coefficient (Wildman–Crippen LogP) is 3.16. The molecule has 0 spiro atoms. The van der Waals surface area contributed by atoms with Crippen LogP contribution in [0.15, 0.2) is 0 Å². The molecule has 1 aliphatic rings. The first-order valence-corrected chi connectivity index (χ1v) is 6.54. The van der Waals surface area contributed by atoms with Gasteiger partial charge in [-0.3, -0.25) is 8.32 Å². The third-order valence-electron chi connectivity index (χ3n) is 3.45. The third kappa shape index (κ3) is 2.84. The molecule has 1 aliphatic carbocycles. The summed E-state index contributed by atoms with van der Waals surface area (Å²) in [6, 6.07) is 0. The summed E-state index contributed by atoms with van der Waals surface area (Å²) in [7, 11) is 0. The number of rotatable bonds is 2. The van der Waals surface area contributed by atoms with Gasteiger partial charge in [0.25, 0.3) is 0 Å². The number of amides is 1. The third-order valence-corrected chi connectivity index (χ3v) is 3.98. The van der Waals surface area contributed by atoms with Crippen molar-refractivity contribution in [3.8, 4) is 0 Å². The number of halogens is 1. The maximum atomic E-state index is 11.7. The normalized spacial score (nSPS) is 33.1. The molecule has 3 heteroatoms. The van der Waals surface area contributed by atoms with E-state index in [4.69, 9.17) is 0 Å². The summed E-state index contributed by atoms with van der Waals surface area (Å²) in [4.78, 5) is 11.7. The van der Waals surface area contributed by atoms with Crippen LogP contribution in [0.3, 0.4) is 0 Å². The summed E-state index contributed by atoms with van der Waals surface area (Å²) in [6.45, 7) is 6.71. The molecular weight excluding hydrogens is 289 g/mol. The first kappa shape index (κ1) is 12.3. The summed E-state index contributed by atoms with van der Waals surface area (Å²) in [6.07, 6.45) is 3.57. The number of carbonyl (C=O) groups excluding carboxylic acids is 1. The average Bonchev–Trinajstić information content (AvgIpc) is 2.16. The summed E-state index contributed by atoms with van der Waals surface area (Å²) in [5.74, 6) is 2.40. The first-order valence-electron chi connectivity index (χ1n) is 5.46. The van der Waals surface area contributed by atoms with Gasteiger partial charge in [-0.25, -0.2) is 0 Å². The molecule has 0 aromatic heterocycles. The zero-order chi connectivity index (χ0) is 10.7. The fraction of sp³-hybridized carbons (Fsp3) is 0.909. The Hall–Kier alpha value is 0.200. The van der Waals surface area contributed by atoms with Crippen molar-refractivity contribution in [2.24, 2.45) is 23.7 Å². The van der Waals surface area contributed by atoms with E-state index in [9.17, 15) is 4.79 Å². The summed E-state index contributed by atoms with van der Waals surface area (Å²) >= 11 is 1.96. The van der Waals surface area contributed by atoms with E-state index in [0.29, 0.717) is 17.8 Å². The minimum atomic E-state index is 0.232. The van der Waals surface area contributed by atoms with Crippen molar-refractivity contribution in [3.05, 3.63) is 0 Å². The molecule has 1 amide bonds. The van der Waals surface area contributed by atoms with Gasteiger partial charge in [-0.05, 0) is 30.6 Å². The number of carbonyl (C=O) groups is 1. The van der Waals surface area contributed by atoms with E-state index < -0.39 is 0 Å². The van der Waals surface area contributed by atoms with Crippen LogP contribution in [-0.4, -0.2) is 5.91 Å². The molecule has 0 aliphatic heterocycles. The summed E-state index contributed by atoms with van der Waals surface area (Å²) in [5, 5.41) is 0. The Kier molecular flexibility index (Phi) is 4.67.